The number of halogens is 1. The largest absolute Gasteiger partial charge is 0.447 e. The van der Waals surface area contributed by atoms with Gasteiger partial charge in [0.25, 0.3) is 0 Å². The molecule has 1 saturated heterocycles. The van der Waals surface area contributed by atoms with Crippen LogP contribution in [0, 0.1) is 6.92 Å². The van der Waals surface area contributed by atoms with Crippen LogP contribution in [0.4, 0.5) is 16.7 Å². The lowest BCUT2D eigenvalue weighted by atomic mass is 10.2. The molecule has 28 heavy (non-hydrogen) atoms. The van der Waals surface area contributed by atoms with Gasteiger partial charge in [-0.1, -0.05) is 6.92 Å². The minimum absolute atomic E-state index is 0.0727. The van der Waals surface area contributed by atoms with Gasteiger partial charge in [-0.3, -0.25) is 0 Å². The normalized spacial score (nSPS) is 17.8. The van der Waals surface area contributed by atoms with Crippen molar-refractivity contribution in [3.63, 3.8) is 0 Å². The molecule has 0 saturated carbocycles. The Bertz CT molecular complexity index is 1040. The van der Waals surface area contributed by atoms with E-state index in [2.05, 4.69) is 41.2 Å². The summed E-state index contributed by atoms with van der Waals surface area (Å²) in [6, 6.07) is 3.68. The average Bonchev–Trinajstić information content (AvgIpc) is 3.23. The lowest BCUT2D eigenvalue weighted by Gasteiger charge is -2.19. The number of imidazole rings is 1. The fourth-order valence-electron chi connectivity index (χ4n) is 3.11. The highest BCUT2D eigenvalue weighted by atomic mass is 79.9. The number of ether oxygens (including phenoxy) is 1. The zero-order chi connectivity index (χ0) is 19.8. The van der Waals surface area contributed by atoms with Crippen molar-refractivity contribution in [2.75, 3.05) is 16.8 Å². The minimum Gasteiger partial charge on any atom is -0.447 e. The number of nitrogens with zero attached hydrogens (tertiary/aromatic N) is 6. The number of rotatable bonds is 5. The molecule has 3 aromatic heterocycles. The smallest absolute Gasteiger partial charge is 0.417 e. The van der Waals surface area contributed by atoms with E-state index in [4.69, 9.17) is 4.74 Å². The van der Waals surface area contributed by atoms with Crippen LogP contribution in [0.25, 0.3) is 5.65 Å². The maximum atomic E-state index is 12.1. The second-order valence-electron chi connectivity index (χ2n) is 6.66. The lowest BCUT2D eigenvalue weighted by molar-refractivity contribution is 0.178. The molecule has 146 valence electrons. The van der Waals surface area contributed by atoms with Crippen molar-refractivity contribution in [3.05, 3.63) is 40.5 Å². The van der Waals surface area contributed by atoms with E-state index in [0.29, 0.717) is 24.3 Å². The number of hydrogen-bond acceptors (Lipinski definition) is 7. The van der Waals surface area contributed by atoms with Crippen molar-refractivity contribution in [1.82, 2.24) is 24.3 Å². The Morgan fingerprint density at radius 2 is 2.11 bits per heavy atom. The number of aryl methyl sites for hydroxylation is 1. The molecule has 9 nitrogen and oxygen atoms in total. The summed E-state index contributed by atoms with van der Waals surface area (Å²) in [7, 11) is 0. The summed E-state index contributed by atoms with van der Waals surface area (Å²) in [5.74, 6) is 1.21. The Hall–Kier alpha value is -2.75. The van der Waals surface area contributed by atoms with Gasteiger partial charge in [-0.05, 0) is 48.3 Å². The van der Waals surface area contributed by atoms with Crippen molar-refractivity contribution in [1.29, 1.82) is 0 Å². The summed E-state index contributed by atoms with van der Waals surface area (Å²) in [6.07, 6.45) is 4.24. The molecule has 2 atom stereocenters. The van der Waals surface area contributed by atoms with Gasteiger partial charge in [0, 0.05) is 16.9 Å². The molecule has 0 radical (unpaired) electrons. The van der Waals surface area contributed by atoms with E-state index in [1.807, 2.05) is 42.8 Å². The first-order chi connectivity index (χ1) is 13.4. The summed E-state index contributed by atoms with van der Waals surface area (Å²) in [6.45, 7) is 6.09. The van der Waals surface area contributed by atoms with Crippen LogP contribution < -0.4 is 10.2 Å². The monoisotopic (exact) mass is 445 g/mol. The van der Waals surface area contributed by atoms with Crippen LogP contribution in [-0.4, -0.2) is 43.1 Å². The van der Waals surface area contributed by atoms with E-state index in [1.54, 1.807) is 6.92 Å². The van der Waals surface area contributed by atoms with Crippen molar-refractivity contribution >= 4 is 39.6 Å². The maximum absolute atomic E-state index is 12.1. The van der Waals surface area contributed by atoms with E-state index in [9.17, 15) is 4.79 Å². The number of carbonyl (C=O) groups excluding carboxylic acids is 1. The molecule has 1 N–H and O–H groups in total. The Kier molecular flexibility index (Phi) is 4.88. The second-order valence-corrected chi connectivity index (χ2v) is 7.58. The van der Waals surface area contributed by atoms with Crippen LogP contribution in [0.15, 0.2) is 29.0 Å². The van der Waals surface area contributed by atoms with Crippen LogP contribution in [0.3, 0.4) is 0 Å². The SMILES string of the molecule is CC[C@H]1COC(=O)N1c1nc(C)nc(N[C@@H](C)c2cn3cc(Br)ccc3n2)n1. The molecule has 0 spiro atoms. The Morgan fingerprint density at radius 1 is 1.29 bits per heavy atom. The zero-order valence-corrected chi connectivity index (χ0v) is 17.3. The topological polar surface area (TPSA) is 97.5 Å². The van der Waals surface area contributed by atoms with Crippen LogP contribution in [0.2, 0.25) is 0 Å². The molecule has 0 bridgehead atoms. The highest BCUT2D eigenvalue weighted by Gasteiger charge is 2.35. The second kappa shape index (κ2) is 7.34. The van der Waals surface area contributed by atoms with Gasteiger partial charge in [-0.15, -0.1) is 0 Å². The summed E-state index contributed by atoms with van der Waals surface area (Å²) in [5.41, 5.74) is 1.70. The average molecular weight is 446 g/mol. The van der Waals surface area contributed by atoms with E-state index < -0.39 is 6.09 Å². The summed E-state index contributed by atoms with van der Waals surface area (Å²) < 4.78 is 8.08. The van der Waals surface area contributed by atoms with Gasteiger partial charge < -0.3 is 14.5 Å². The number of fused-ring (bicyclic) bond motifs is 1. The lowest BCUT2D eigenvalue weighted by Crippen LogP contribution is -2.34. The van der Waals surface area contributed by atoms with E-state index in [-0.39, 0.29) is 12.1 Å². The van der Waals surface area contributed by atoms with Gasteiger partial charge in [0.15, 0.2) is 0 Å². The molecule has 4 rings (SSSR count). The predicted octanol–water partition coefficient (Wildman–Crippen LogP) is 3.50. The van der Waals surface area contributed by atoms with Crippen LogP contribution >= 0.6 is 15.9 Å². The number of aromatic nitrogens is 5. The third-order valence-corrected chi connectivity index (χ3v) is 5.08. The molecule has 1 fully saturated rings. The maximum Gasteiger partial charge on any atom is 0.417 e. The molecule has 4 heterocycles. The molecule has 1 aliphatic rings. The van der Waals surface area contributed by atoms with Crippen molar-refractivity contribution in [3.8, 4) is 0 Å². The van der Waals surface area contributed by atoms with E-state index in [1.165, 1.54) is 4.90 Å². The quantitative estimate of drug-likeness (QED) is 0.641. The number of hydrogen-bond donors (Lipinski definition) is 1. The summed E-state index contributed by atoms with van der Waals surface area (Å²) in [4.78, 5) is 31.4. The molecule has 3 aromatic rings. The summed E-state index contributed by atoms with van der Waals surface area (Å²) >= 11 is 3.46. The number of amides is 1. The minimum atomic E-state index is -0.428. The zero-order valence-electron chi connectivity index (χ0n) is 15.8. The Balaban J connectivity index is 1.60. The molecule has 0 aromatic carbocycles. The predicted molar refractivity (Wildman–Crippen MR) is 107 cm³/mol. The van der Waals surface area contributed by atoms with Crippen LogP contribution in [0.1, 0.15) is 37.8 Å². The Morgan fingerprint density at radius 3 is 2.89 bits per heavy atom. The van der Waals surface area contributed by atoms with Gasteiger partial charge >= 0.3 is 6.09 Å². The Labute approximate surface area is 170 Å². The third kappa shape index (κ3) is 3.51. The molecule has 10 heteroatoms. The number of pyridine rings is 1. The highest BCUT2D eigenvalue weighted by molar-refractivity contribution is 9.10. The first-order valence-corrected chi connectivity index (χ1v) is 9.83. The molecule has 1 aliphatic heterocycles. The molecular formula is C18H20BrN7O2. The molecule has 1 amide bonds. The number of carbonyl (C=O) groups is 1. The first-order valence-electron chi connectivity index (χ1n) is 9.04. The summed E-state index contributed by atoms with van der Waals surface area (Å²) in [5, 5.41) is 3.26. The van der Waals surface area contributed by atoms with Gasteiger partial charge in [0.2, 0.25) is 11.9 Å². The third-order valence-electron chi connectivity index (χ3n) is 4.61. The number of cyclic esters (lactones) is 1. The van der Waals surface area contributed by atoms with Gasteiger partial charge in [0.05, 0.1) is 17.8 Å². The van der Waals surface area contributed by atoms with Crippen LogP contribution in [0.5, 0.6) is 0 Å². The first kappa shape index (κ1) is 18.6. The molecule has 0 unspecified atom stereocenters. The van der Waals surface area contributed by atoms with Gasteiger partial charge in [-0.25, -0.2) is 14.7 Å². The number of anilines is 2. The molecular weight excluding hydrogens is 426 g/mol. The number of nitrogens with one attached hydrogen (secondary N) is 1. The van der Waals surface area contributed by atoms with E-state index >= 15 is 0 Å². The standard InChI is InChI=1S/C18H20BrN7O2/c1-4-13-9-28-18(27)26(13)17-22-11(3)21-16(24-17)20-10(2)14-8-25-7-12(19)5-6-15(25)23-14/h5-8,10,13H,4,9H2,1-3H3,(H,20,21,22,24)/t10-,13-/m0/s1. The fourth-order valence-corrected chi connectivity index (χ4v) is 3.46. The fraction of sp³-hybridized carbons (Fsp3) is 0.389. The van der Waals surface area contributed by atoms with Crippen molar-refractivity contribution in [2.24, 2.45) is 0 Å². The van der Waals surface area contributed by atoms with Crippen molar-refractivity contribution in [2.45, 2.75) is 39.3 Å². The van der Waals surface area contributed by atoms with E-state index in [0.717, 1.165) is 22.2 Å². The van der Waals surface area contributed by atoms with Crippen molar-refractivity contribution < 1.29 is 9.53 Å². The van der Waals surface area contributed by atoms with Crippen LogP contribution in [-0.2, 0) is 4.74 Å². The van der Waals surface area contributed by atoms with Gasteiger partial charge in [0.1, 0.15) is 18.1 Å². The molecule has 0 aliphatic carbocycles. The van der Waals surface area contributed by atoms with Gasteiger partial charge in [-0.2, -0.15) is 15.0 Å². The highest BCUT2D eigenvalue weighted by Crippen LogP contribution is 2.24.